The first kappa shape index (κ1) is 17.7. The van der Waals surface area contributed by atoms with Crippen molar-refractivity contribution in [2.45, 2.75) is 25.7 Å². The van der Waals surface area contributed by atoms with Crippen molar-refractivity contribution in [3.05, 3.63) is 60.0 Å². The monoisotopic (exact) mass is 363 g/mol. The van der Waals surface area contributed by atoms with Gasteiger partial charge in [0.05, 0.1) is 5.56 Å². The van der Waals surface area contributed by atoms with Gasteiger partial charge in [-0.25, -0.2) is 4.98 Å². The Balaban J connectivity index is 1.34. The van der Waals surface area contributed by atoms with Gasteiger partial charge < -0.3 is 15.2 Å². The quantitative estimate of drug-likeness (QED) is 0.695. The summed E-state index contributed by atoms with van der Waals surface area (Å²) in [6, 6.07) is 14.5. The second kappa shape index (κ2) is 8.31. The Morgan fingerprint density at radius 2 is 2.00 bits per heavy atom. The summed E-state index contributed by atoms with van der Waals surface area (Å²) in [6.07, 6.45) is 5.76. The molecule has 2 aromatic heterocycles. The van der Waals surface area contributed by atoms with Crippen molar-refractivity contribution >= 4 is 5.82 Å². The number of benzene rings is 1. The van der Waals surface area contributed by atoms with E-state index in [-0.39, 0.29) is 0 Å². The van der Waals surface area contributed by atoms with Crippen LogP contribution in [0, 0.1) is 5.92 Å². The molecular formula is C21H25N5O. The van der Waals surface area contributed by atoms with Crippen LogP contribution < -0.4 is 10.6 Å². The summed E-state index contributed by atoms with van der Waals surface area (Å²) >= 11 is 0. The van der Waals surface area contributed by atoms with Crippen LogP contribution in [0.5, 0.6) is 0 Å². The highest BCUT2D eigenvalue weighted by Crippen LogP contribution is 2.24. The van der Waals surface area contributed by atoms with Gasteiger partial charge in [-0.05, 0) is 49.4 Å². The Morgan fingerprint density at radius 3 is 2.74 bits per heavy atom. The highest BCUT2D eigenvalue weighted by molar-refractivity contribution is 5.55. The molecule has 0 saturated carbocycles. The number of nitrogens with two attached hydrogens (primary N) is 1. The molecule has 1 aromatic carbocycles. The van der Waals surface area contributed by atoms with E-state index in [9.17, 15) is 0 Å². The van der Waals surface area contributed by atoms with Crippen molar-refractivity contribution in [1.82, 2.24) is 15.1 Å². The zero-order chi connectivity index (χ0) is 18.5. The van der Waals surface area contributed by atoms with Crippen molar-refractivity contribution in [3.8, 4) is 11.5 Å². The Morgan fingerprint density at radius 1 is 1.11 bits per heavy atom. The second-order valence-electron chi connectivity index (χ2n) is 7.10. The first-order valence-corrected chi connectivity index (χ1v) is 9.60. The van der Waals surface area contributed by atoms with E-state index in [1.165, 1.54) is 5.56 Å². The number of pyridine rings is 1. The number of anilines is 1. The number of hydrogen-bond acceptors (Lipinski definition) is 6. The molecule has 1 atom stereocenters. The lowest BCUT2D eigenvalue weighted by molar-refractivity contribution is 0.421. The zero-order valence-electron chi connectivity index (χ0n) is 15.4. The van der Waals surface area contributed by atoms with Crippen molar-refractivity contribution in [2.24, 2.45) is 11.7 Å². The number of nitrogens with zero attached hydrogens (tertiary/aromatic N) is 4. The third-order valence-electron chi connectivity index (χ3n) is 5.11. The van der Waals surface area contributed by atoms with E-state index >= 15 is 0 Å². The van der Waals surface area contributed by atoms with Crippen LogP contribution in [-0.2, 0) is 12.8 Å². The van der Waals surface area contributed by atoms with Gasteiger partial charge in [0.1, 0.15) is 5.82 Å². The molecule has 1 unspecified atom stereocenters. The van der Waals surface area contributed by atoms with Gasteiger partial charge in [-0.1, -0.05) is 35.5 Å². The molecule has 2 N–H and O–H groups in total. The summed E-state index contributed by atoms with van der Waals surface area (Å²) in [6.45, 7) is 2.74. The van der Waals surface area contributed by atoms with Crippen LogP contribution >= 0.6 is 0 Å². The Kier molecular flexibility index (Phi) is 5.44. The van der Waals surface area contributed by atoms with Gasteiger partial charge in [-0.3, -0.25) is 0 Å². The standard InChI is InChI=1S/C21H25N5O/c22-13-17-11-12-26(15-17)20-10-9-18(14-23-20)21-24-19(25-27-21)8-4-7-16-5-2-1-3-6-16/h1-3,5-6,9-10,14,17H,4,7-8,11-13,15,22H2. The topological polar surface area (TPSA) is 81.1 Å². The molecule has 0 spiro atoms. The summed E-state index contributed by atoms with van der Waals surface area (Å²) in [5.74, 6) is 2.83. The molecule has 0 bridgehead atoms. The molecule has 1 aliphatic rings. The van der Waals surface area contributed by atoms with E-state index in [2.05, 4.69) is 44.3 Å². The molecule has 3 aromatic rings. The maximum Gasteiger partial charge on any atom is 0.259 e. The average molecular weight is 363 g/mol. The van der Waals surface area contributed by atoms with Gasteiger partial charge in [-0.15, -0.1) is 0 Å². The fraction of sp³-hybridized carbons (Fsp3) is 0.381. The van der Waals surface area contributed by atoms with E-state index < -0.39 is 0 Å². The van der Waals surface area contributed by atoms with Crippen molar-refractivity contribution < 1.29 is 4.52 Å². The second-order valence-corrected chi connectivity index (χ2v) is 7.10. The van der Waals surface area contributed by atoms with Crippen molar-refractivity contribution in [2.75, 3.05) is 24.5 Å². The van der Waals surface area contributed by atoms with E-state index in [0.29, 0.717) is 11.8 Å². The minimum atomic E-state index is 0.532. The molecule has 6 heteroatoms. The minimum absolute atomic E-state index is 0.532. The van der Waals surface area contributed by atoms with Gasteiger partial charge in [0.15, 0.2) is 5.82 Å². The van der Waals surface area contributed by atoms with Crippen LogP contribution in [0.2, 0.25) is 0 Å². The maximum atomic E-state index is 5.77. The molecule has 1 aliphatic heterocycles. The van der Waals surface area contributed by atoms with E-state index in [1.807, 2.05) is 24.4 Å². The van der Waals surface area contributed by atoms with Gasteiger partial charge in [0, 0.05) is 25.7 Å². The van der Waals surface area contributed by atoms with Crippen LogP contribution in [0.15, 0.2) is 53.2 Å². The number of aromatic nitrogens is 3. The smallest absolute Gasteiger partial charge is 0.259 e. The Bertz CT molecular complexity index is 847. The van der Waals surface area contributed by atoms with Gasteiger partial charge in [0.2, 0.25) is 0 Å². The lowest BCUT2D eigenvalue weighted by Crippen LogP contribution is -2.23. The summed E-state index contributed by atoms with van der Waals surface area (Å²) in [5.41, 5.74) is 7.96. The predicted octanol–water partition coefficient (Wildman–Crippen LogP) is 3.09. The number of rotatable bonds is 7. The number of aryl methyl sites for hydroxylation is 2. The van der Waals surface area contributed by atoms with Crippen LogP contribution in [0.3, 0.4) is 0 Å². The molecule has 3 heterocycles. The lowest BCUT2D eigenvalue weighted by Gasteiger charge is -2.17. The summed E-state index contributed by atoms with van der Waals surface area (Å²) < 4.78 is 5.42. The van der Waals surface area contributed by atoms with E-state index in [4.69, 9.17) is 10.3 Å². The van der Waals surface area contributed by atoms with Gasteiger partial charge in [0.25, 0.3) is 5.89 Å². The summed E-state index contributed by atoms with van der Waals surface area (Å²) in [7, 11) is 0. The normalized spacial score (nSPS) is 16.8. The molecule has 0 aliphatic carbocycles. The Hall–Kier alpha value is -2.73. The fourth-order valence-corrected chi connectivity index (χ4v) is 3.50. The van der Waals surface area contributed by atoms with Crippen LogP contribution in [-0.4, -0.2) is 34.8 Å². The first-order chi connectivity index (χ1) is 13.3. The summed E-state index contributed by atoms with van der Waals surface area (Å²) in [5, 5.41) is 4.11. The van der Waals surface area contributed by atoms with E-state index in [0.717, 1.165) is 62.5 Å². The van der Waals surface area contributed by atoms with Crippen molar-refractivity contribution in [3.63, 3.8) is 0 Å². The van der Waals surface area contributed by atoms with Crippen LogP contribution in [0.1, 0.15) is 24.2 Å². The van der Waals surface area contributed by atoms with Gasteiger partial charge in [-0.2, -0.15) is 4.98 Å². The van der Waals surface area contributed by atoms with Gasteiger partial charge >= 0.3 is 0 Å². The summed E-state index contributed by atoms with van der Waals surface area (Å²) in [4.78, 5) is 11.4. The van der Waals surface area contributed by atoms with Crippen LogP contribution in [0.25, 0.3) is 11.5 Å². The van der Waals surface area contributed by atoms with E-state index in [1.54, 1.807) is 0 Å². The molecule has 6 nitrogen and oxygen atoms in total. The molecule has 0 amide bonds. The molecule has 27 heavy (non-hydrogen) atoms. The minimum Gasteiger partial charge on any atom is -0.356 e. The Labute approximate surface area is 159 Å². The largest absolute Gasteiger partial charge is 0.356 e. The molecular weight excluding hydrogens is 338 g/mol. The molecule has 1 fully saturated rings. The average Bonchev–Trinajstić information content (AvgIpc) is 3.39. The van der Waals surface area contributed by atoms with Crippen molar-refractivity contribution in [1.29, 1.82) is 0 Å². The highest BCUT2D eigenvalue weighted by atomic mass is 16.5. The third kappa shape index (κ3) is 4.34. The lowest BCUT2D eigenvalue weighted by atomic mass is 10.1. The number of hydrogen-bond donors (Lipinski definition) is 1. The zero-order valence-corrected chi connectivity index (χ0v) is 15.4. The maximum absolute atomic E-state index is 5.77. The predicted molar refractivity (Wildman–Crippen MR) is 105 cm³/mol. The molecule has 140 valence electrons. The SMILES string of the molecule is NCC1CCN(c2ccc(-c3nc(CCCc4ccccc4)no3)cn2)C1. The first-order valence-electron chi connectivity index (χ1n) is 9.60. The molecule has 0 radical (unpaired) electrons. The fourth-order valence-electron chi connectivity index (χ4n) is 3.50. The van der Waals surface area contributed by atoms with Crippen LogP contribution in [0.4, 0.5) is 5.82 Å². The highest BCUT2D eigenvalue weighted by Gasteiger charge is 2.22. The molecule has 1 saturated heterocycles. The molecule has 4 rings (SSSR count). The third-order valence-corrected chi connectivity index (χ3v) is 5.11.